The standard InChI is InChI=1S/C23H27NO7/c1-5-30-19-11-7-15(13-20(19)31-6-2)8-12-21(25)24-18-14-16(22(26)28-3)9-10-17(18)23(27)29-4/h7,9-11,13-14H,5-6,8,12H2,1-4H3,(H,24,25). The molecule has 0 aromatic heterocycles. The maximum atomic E-state index is 12.5. The molecule has 0 heterocycles. The summed E-state index contributed by atoms with van der Waals surface area (Å²) < 4.78 is 20.6. The van der Waals surface area contributed by atoms with Gasteiger partial charge in [-0.2, -0.15) is 0 Å². The van der Waals surface area contributed by atoms with Gasteiger partial charge >= 0.3 is 11.9 Å². The Bertz CT molecular complexity index is 940. The molecule has 1 amide bonds. The van der Waals surface area contributed by atoms with E-state index in [1.165, 1.54) is 32.4 Å². The lowest BCUT2D eigenvalue weighted by Crippen LogP contribution is -2.17. The Morgan fingerprint density at radius 1 is 0.839 bits per heavy atom. The van der Waals surface area contributed by atoms with Crippen LogP contribution in [-0.4, -0.2) is 45.3 Å². The van der Waals surface area contributed by atoms with Crippen molar-refractivity contribution in [3.05, 3.63) is 53.1 Å². The number of aryl methyl sites for hydroxylation is 1. The summed E-state index contributed by atoms with van der Waals surface area (Å²) in [5.41, 5.74) is 1.43. The van der Waals surface area contributed by atoms with Crippen LogP contribution in [0.25, 0.3) is 0 Å². The van der Waals surface area contributed by atoms with E-state index in [-0.39, 0.29) is 29.1 Å². The van der Waals surface area contributed by atoms with E-state index in [0.717, 1.165) is 5.56 Å². The molecule has 0 aliphatic carbocycles. The number of benzene rings is 2. The molecule has 8 nitrogen and oxygen atoms in total. The smallest absolute Gasteiger partial charge is 0.339 e. The first kappa shape index (κ1) is 23.7. The topological polar surface area (TPSA) is 100 Å². The Hall–Kier alpha value is -3.55. The van der Waals surface area contributed by atoms with Crippen molar-refractivity contribution >= 4 is 23.5 Å². The van der Waals surface area contributed by atoms with Crippen molar-refractivity contribution in [2.45, 2.75) is 26.7 Å². The first-order chi connectivity index (χ1) is 14.9. The van der Waals surface area contributed by atoms with Gasteiger partial charge in [0.1, 0.15) is 0 Å². The number of amides is 1. The summed E-state index contributed by atoms with van der Waals surface area (Å²) in [5, 5.41) is 2.68. The van der Waals surface area contributed by atoms with Gasteiger partial charge in [0.05, 0.1) is 44.2 Å². The van der Waals surface area contributed by atoms with Crippen LogP contribution in [0.1, 0.15) is 46.5 Å². The Morgan fingerprint density at radius 3 is 2.16 bits per heavy atom. The number of hydrogen-bond acceptors (Lipinski definition) is 7. The molecule has 2 rings (SSSR count). The van der Waals surface area contributed by atoms with Crippen LogP contribution in [-0.2, 0) is 20.7 Å². The highest BCUT2D eigenvalue weighted by atomic mass is 16.5. The number of rotatable bonds is 10. The second-order valence-electron chi connectivity index (χ2n) is 6.44. The van der Waals surface area contributed by atoms with E-state index in [2.05, 4.69) is 5.32 Å². The van der Waals surface area contributed by atoms with Crippen molar-refractivity contribution in [1.29, 1.82) is 0 Å². The Labute approximate surface area is 181 Å². The first-order valence-electron chi connectivity index (χ1n) is 9.92. The molecule has 0 spiro atoms. The predicted octanol–water partition coefficient (Wildman–Crippen LogP) is 3.63. The number of anilines is 1. The van der Waals surface area contributed by atoms with E-state index in [1.807, 2.05) is 32.0 Å². The number of ether oxygens (including phenoxy) is 4. The van der Waals surface area contributed by atoms with E-state index >= 15 is 0 Å². The predicted molar refractivity (Wildman–Crippen MR) is 115 cm³/mol. The summed E-state index contributed by atoms with van der Waals surface area (Å²) in [7, 11) is 2.49. The molecule has 31 heavy (non-hydrogen) atoms. The van der Waals surface area contributed by atoms with E-state index in [1.54, 1.807) is 0 Å². The lowest BCUT2D eigenvalue weighted by Gasteiger charge is -2.13. The van der Waals surface area contributed by atoms with Crippen LogP contribution in [0.15, 0.2) is 36.4 Å². The van der Waals surface area contributed by atoms with Crippen molar-refractivity contribution in [3.8, 4) is 11.5 Å². The molecule has 0 aliphatic heterocycles. The van der Waals surface area contributed by atoms with Gasteiger partial charge in [0.2, 0.25) is 5.91 Å². The van der Waals surface area contributed by atoms with Gasteiger partial charge in [-0.05, 0) is 56.2 Å². The molecular formula is C23H27NO7. The van der Waals surface area contributed by atoms with Gasteiger partial charge in [-0.1, -0.05) is 6.07 Å². The molecule has 0 bridgehead atoms. The zero-order valence-electron chi connectivity index (χ0n) is 18.2. The fraction of sp³-hybridized carbons (Fsp3) is 0.348. The molecule has 1 N–H and O–H groups in total. The van der Waals surface area contributed by atoms with E-state index in [9.17, 15) is 14.4 Å². The summed E-state index contributed by atoms with van der Waals surface area (Å²) in [6.45, 7) is 4.80. The second kappa shape index (κ2) is 11.6. The summed E-state index contributed by atoms with van der Waals surface area (Å²) in [5.74, 6) is -0.246. The van der Waals surface area contributed by atoms with Gasteiger partial charge in [0.25, 0.3) is 0 Å². The molecule has 2 aromatic carbocycles. The summed E-state index contributed by atoms with van der Waals surface area (Å²) >= 11 is 0. The zero-order valence-corrected chi connectivity index (χ0v) is 18.2. The molecule has 0 unspecified atom stereocenters. The van der Waals surface area contributed by atoms with Crippen LogP contribution in [0.3, 0.4) is 0 Å². The molecule has 0 fully saturated rings. The Morgan fingerprint density at radius 2 is 1.52 bits per heavy atom. The van der Waals surface area contributed by atoms with Crippen LogP contribution >= 0.6 is 0 Å². The third-order valence-electron chi connectivity index (χ3n) is 4.37. The molecule has 166 valence electrons. The third kappa shape index (κ3) is 6.47. The normalized spacial score (nSPS) is 10.2. The highest BCUT2D eigenvalue weighted by Crippen LogP contribution is 2.29. The summed E-state index contributed by atoms with van der Waals surface area (Å²) in [4.78, 5) is 36.4. The highest BCUT2D eigenvalue weighted by molar-refractivity contribution is 6.03. The molecule has 0 saturated carbocycles. The van der Waals surface area contributed by atoms with Crippen LogP contribution in [0.2, 0.25) is 0 Å². The number of carbonyl (C=O) groups excluding carboxylic acids is 3. The monoisotopic (exact) mass is 429 g/mol. The Balaban J connectivity index is 2.14. The minimum atomic E-state index is -0.625. The number of esters is 2. The molecule has 0 radical (unpaired) electrons. The third-order valence-corrected chi connectivity index (χ3v) is 4.37. The molecule has 0 atom stereocenters. The fourth-order valence-corrected chi connectivity index (χ4v) is 2.90. The molecule has 0 aliphatic rings. The van der Waals surface area contributed by atoms with Crippen LogP contribution < -0.4 is 14.8 Å². The minimum absolute atomic E-state index is 0.142. The van der Waals surface area contributed by atoms with E-state index in [0.29, 0.717) is 31.1 Å². The van der Waals surface area contributed by atoms with Gasteiger partial charge in [-0.25, -0.2) is 9.59 Å². The Kier molecular flexibility index (Phi) is 8.87. The largest absolute Gasteiger partial charge is 0.490 e. The quantitative estimate of drug-likeness (QED) is 0.576. The van der Waals surface area contributed by atoms with Gasteiger partial charge < -0.3 is 24.3 Å². The van der Waals surface area contributed by atoms with Crippen molar-refractivity contribution in [3.63, 3.8) is 0 Å². The zero-order chi connectivity index (χ0) is 22.8. The van der Waals surface area contributed by atoms with Gasteiger partial charge in [0, 0.05) is 6.42 Å². The number of methoxy groups -OCH3 is 2. The number of nitrogens with one attached hydrogen (secondary N) is 1. The van der Waals surface area contributed by atoms with Gasteiger partial charge in [0.15, 0.2) is 11.5 Å². The molecule has 8 heteroatoms. The number of hydrogen-bond donors (Lipinski definition) is 1. The van der Waals surface area contributed by atoms with Gasteiger partial charge in [-0.15, -0.1) is 0 Å². The maximum absolute atomic E-state index is 12.5. The first-order valence-corrected chi connectivity index (χ1v) is 9.92. The summed E-state index contributed by atoms with van der Waals surface area (Å²) in [6, 6.07) is 9.77. The average molecular weight is 429 g/mol. The van der Waals surface area contributed by atoms with Crippen LogP contribution in [0.4, 0.5) is 5.69 Å². The fourth-order valence-electron chi connectivity index (χ4n) is 2.90. The molecular weight excluding hydrogens is 402 g/mol. The van der Waals surface area contributed by atoms with Crippen molar-refractivity contribution < 1.29 is 33.3 Å². The average Bonchev–Trinajstić information content (AvgIpc) is 2.78. The SMILES string of the molecule is CCOc1ccc(CCC(=O)Nc2cc(C(=O)OC)ccc2C(=O)OC)cc1OCC. The van der Waals surface area contributed by atoms with Crippen molar-refractivity contribution in [2.75, 3.05) is 32.8 Å². The molecule has 0 saturated heterocycles. The van der Waals surface area contributed by atoms with Crippen molar-refractivity contribution in [1.82, 2.24) is 0 Å². The lowest BCUT2D eigenvalue weighted by molar-refractivity contribution is -0.116. The number of carbonyl (C=O) groups is 3. The van der Waals surface area contributed by atoms with E-state index in [4.69, 9.17) is 18.9 Å². The summed E-state index contributed by atoms with van der Waals surface area (Å²) in [6.07, 6.45) is 0.602. The van der Waals surface area contributed by atoms with Crippen LogP contribution in [0, 0.1) is 0 Å². The maximum Gasteiger partial charge on any atom is 0.339 e. The minimum Gasteiger partial charge on any atom is -0.490 e. The van der Waals surface area contributed by atoms with E-state index < -0.39 is 11.9 Å². The van der Waals surface area contributed by atoms with Crippen LogP contribution in [0.5, 0.6) is 11.5 Å². The highest BCUT2D eigenvalue weighted by Gasteiger charge is 2.17. The second-order valence-corrected chi connectivity index (χ2v) is 6.44. The molecule has 2 aromatic rings. The van der Waals surface area contributed by atoms with Crippen molar-refractivity contribution in [2.24, 2.45) is 0 Å². The lowest BCUT2D eigenvalue weighted by atomic mass is 10.1. The van der Waals surface area contributed by atoms with Gasteiger partial charge in [-0.3, -0.25) is 4.79 Å².